The molecule has 0 unspecified atom stereocenters. The molecule has 0 aliphatic rings. The summed E-state index contributed by atoms with van der Waals surface area (Å²) in [6.45, 7) is 0. The van der Waals surface area contributed by atoms with Gasteiger partial charge in [0.25, 0.3) is 0 Å². The number of rotatable bonds is 6. The van der Waals surface area contributed by atoms with Crippen molar-refractivity contribution in [2.24, 2.45) is 0 Å². The van der Waals surface area contributed by atoms with E-state index in [0.717, 1.165) is 44.5 Å². The van der Waals surface area contributed by atoms with Crippen molar-refractivity contribution in [1.82, 2.24) is 15.0 Å². The van der Waals surface area contributed by atoms with Crippen molar-refractivity contribution < 1.29 is 0 Å². The molecule has 9 rings (SSSR count). The van der Waals surface area contributed by atoms with Crippen LogP contribution in [0.2, 0.25) is 0 Å². The standard InChI is InChI=1S/C45H29N3S/c1-3-12-30(13-4-1)32-16-9-19-36(26-32)43-46-44(37-20-10-17-33(27-37)31-14-5-2-6-15-31)48-45(47-43)38-21-11-18-34(28-38)35-24-25-40-39-22-7-8-23-41(39)49-42(40)29-35/h1-29H. The van der Waals surface area contributed by atoms with Gasteiger partial charge in [-0.2, -0.15) is 0 Å². The van der Waals surface area contributed by atoms with Crippen LogP contribution >= 0.6 is 11.3 Å². The van der Waals surface area contributed by atoms with Crippen LogP contribution in [0.3, 0.4) is 0 Å². The fourth-order valence-electron chi connectivity index (χ4n) is 6.44. The van der Waals surface area contributed by atoms with Gasteiger partial charge in [-0.15, -0.1) is 11.3 Å². The van der Waals surface area contributed by atoms with Crippen LogP contribution < -0.4 is 0 Å². The second kappa shape index (κ2) is 12.4. The molecule has 7 aromatic carbocycles. The van der Waals surface area contributed by atoms with E-state index in [-0.39, 0.29) is 0 Å². The fraction of sp³-hybridized carbons (Fsp3) is 0. The van der Waals surface area contributed by atoms with Crippen LogP contribution in [0.1, 0.15) is 0 Å². The Labute approximate surface area is 288 Å². The van der Waals surface area contributed by atoms with Gasteiger partial charge in [-0.1, -0.05) is 146 Å². The first kappa shape index (κ1) is 29.0. The topological polar surface area (TPSA) is 38.7 Å². The normalized spacial score (nSPS) is 11.3. The summed E-state index contributed by atoms with van der Waals surface area (Å²) in [7, 11) is 0. The Morgan fingerprint density at radius 3 is 1.18 bits per heavy atom. The number of fused-ring (bicyclic) bond motifs is 3. The summed E-state index contributed by atoms with van der Waals surface area (Å²) in [6, 6.07) is 61.6. The molecule has 0 fully saturated rings. The third-order valence-corrected chi connectivity index (χ3v) is 10.1. The van der Waals surface area contributed by atoms with E-state index in [1.54, 1.807) is 0 Å². The van der Waals surface area contributed by atoms with E-state index in [4.69, 9.17) is 15.0 Å². The molecular weight excluding hydrogens is 615 g/mol. The van der Waals surface area contributed by atoms with Gasteiger partial charge < -0.3 is 0 Å². The van der Waals surface area contributed by atoms with Gasteiger partial charge in [0.1, 0.15) is 0 Å². The van der Waals surface area contributed by atoms with Gasteiger partial charge in [0.2, 0.25) is 0 Å². The Bertz CT molecular complexity index is 2510. The van der Waals surface area contributed by atoms with Crippen LogP contribution in [0, 0.1) is 0 Å². The molecule has 49 heavy (non-hydrogen) atoms. The maximum Gasteiger partial charge on any atom is 0.164 e. The summed E-state index contributed by atoms with van der Waals surface area (Å²) in [6.07, 6.45) is 0. The van der Waals surface area contributed by atoms with Gasteiger partial charge in [-0.25, -0.2) is 15.0 Å². The number of thiophene rings is 1. The molecule has 230 valence electrons. The highest BCUT2D eigenvalue weighted by molar-refractivity contribution is 7.25. The average molecular weight is 644 g/mol. The minimum Gasteiger partial charge on any atom is -0.208 e. The lowest BCUT2D eigenvalue weighted by atomic mass is 10.0. The molecule has 2 aromatic heterocycles. The largest absolute Gasteiger partial charge is 0.208 e. The maximum atomic E-state index is 5.11. The molecule has 0 N–H and O–H groups in total. The van der Waals surface area contributed by atoms with Crippen LogP contribution in [-0.4, -0.2) is 15.0 Å². The molecule has 0 spiro atoms. The molecule has 2 heterocycles. The van der Waals surface area contributed by atoms with Crippen molar-refractivity contribution in [3.63, 3.8) is 0 Å². The minimum absolute atomic E-state index is 0.639. The van der Waals surface area contributed by atoms with Crippen molar-refractivity contribution >= 4 is 31.5 Å². The number of hydrogen-bond acceptors (Lipinski definition) is 4. The SMILES string of the molecule is c1ccc(-c2cccc(-c3nc(-c4cccc(-c5ccccc5)c4)nc(-c4cccc(-c5ccc6c(c5)sc5ccccc56)c4)n3)c2)cc1. The molecule has 0 saturated carbocycles. The zero-order valence-corrected chi connectivity index (χ0v) is 27.3. The van der Waals surface area contributed by atoms with Crippen molar-refractivity contribution in [3.05, 3.63) is 176 Å². The molecule has 3 nitrogen and oxygen atoms in total. The van der Waals surface area contributed by atoms with Gasteiger partial charge in [-0.3, -0.25) is 0 Å². The molecular formula is C45H29N3S. The van der Waals surface area contributed by atoms with Crippen LogP contribution in [0.4, 0.5) is 0 Å². The average Bonchev–Trinajstić information content (AvgIpc) is 3.57. The lowest BCUT2D eigenvalue weighted by molar-refractivity contribution is 1.07. The predicted octanol–water partition coefficient (Wildman–Crippen LogP) is 12.2. The Balaban J connectivity index is 1.17. The number of nitrogens with zero attached hydrogens (tertiary/aromatic N) is 3. The highest BCUT2D eigenvalue weighted by Crippen LogP contribution is 2.37. The van der Waals surface area contributed by atoms with E-state index in [2.05, 4.69) is 164 Å². The highest BCUT2D eigenvalue weighted by Gasteiger charge is 2.15. The Morgan fingerprint density at radius 2 is 0.653 bits per heavy atom. The monoisotopic (exact) mass is 643 g/mol. The van der Waals surface area contributed by atoms with Crippen molar-refractivity contribution in [3.8, 4) is 67.5 Å². The lowest BCUT2D eigenvalue weighted by Crippen LogP contribution is -2.00. The van der Waals surface area contributed by atoms with E-state index in [1.165, 1.54) is 25.7 Å². The zero-order chi connectivity index (χ0) is 32.6. The third kappa shape index (κ3) is 5.69. The van der Waals surface area contributed by atoms with Crippen molar-refractivity contribution in [1.29, 1.82) is 0 Å². The van der Waals surface area contributed by atoms with Gasteiger partial charge in [0.05, 0.1) is 0 Å². The summed E-state index contributed by atoms with van der Waals surface area (Å²) in [5.41, 5.74) is 9.65. The summed E-state index contributed by atoms with van der Waals surface area (Å²) < 4.78 is 2.59. The van der Waals surface area contributed by atoms with Gasteiger partial charge in [0, 0.05) is 36.9 Å². The maximum absolute atomic E-state index is 5.11. The Morgan fingerprint density at radius 1 is 0.265 bits per heavy atom. The van der Waals surface area contributed by atoms with E-state index in [1.807, 2.05) is 23.5 Å². The summed E-state index contributed by atoms with van der Waals surface area (Å²) >= 11 is 1.84. The highest BCUT2D eigenvalue weighted by atomic mass is 32.1. The van der Waals surface area contributed by atoms with E-state index >= 15 is 0 Å². The van der Waals surface area contributed by atoms with Crippen molar-refractivity contribution in [2.45, 2.75) is 0 Å². The van der Waals surface area contributed by atoms with Crippen LogP contribution in [0.25, 0.3) is 87.7 Å². The molecule has 0 radical (unpaired) electrons. The van der Waals surface area contributed by atoms with Crippen LogP contribution in [0.5, 0.6) is 0 Å². The summed E-state index contributed by atoms with van der Waals surface area (Å²) in [5.74, 6) is 1.92. The Hall–Kier alpha value is -6.23. The molecule has 0 atom stereocenters. The first-order chi connectivity index (χ1) is 24.2. The second-order valence-corrected chi connectivity index (χ2v) is 13.2. The van der Waals surface area contributed by atoms with E-state index < -0.39 is 0 Å². The Kier molecular flexibility index (Phi) is 7.34. The first-order valence-electron chi connectivity index (χ1n) is 16.4. The van der Waals surface area contributed by atoms with Gasteiger partial charge >= 0.3 is 0 Å². The number of hydrogen-bond donors (Lipinski definition) is 0. The first-order valence-corrected chi connectivity index (χ1v) is 17.2. The fourth-order valence-corrected chi connectivity index (χ4v) is 7.59. The summed E-state index contributed by atoms with van der Waals surface area (Å²) in [4.78, 5) is 15.3. The van der Waals surface area contributed by atoms with Gasteiger partial charge in [0.15, 0.2) is 17.5 Å². The molecule has 4 heteroatoms. The quantitative estimate of drug-likeness (QED) is 0.181. The van der Waals surface area contributed by atoms with Crippen molar-refractivity contribution in [2.75, 3.05) is 0 Å². The van der Waals surface area contributed by atoms with Crippen LogP contribution in [-0.2, 0) is 0 Å². The summed E-state index contributed by atoms with van der Waals surface area (Å²) in [5, 5.41) is 2.60. The smallest absolute Gasteiger partial charge is 0.164 e. The van der Waals surface area contributed by atoms with Gasteiger partial charge in [-0.05, 0) is 63.7 Å². The molecule has 9 aromatic rings. The van der Waals surface area contributed by atoms with Crippen LogP contribution in [0.15, 0.2) is 176 Å². The molecule has 0 aliphatic carbocycles. The number of aromatic nitrogens is 3. The van der Waals surface area contributed by atoms with E-state index in [9.17, 15) is 0 Å². The predicted molar refractivity (Wildman–Crippen MR) is 205 cm³/mol. The molecule has 0 bridgehead atoms. The second-order valence-electron chi connectivity index (χ2n) is 12.1. The molecule has 0 saturated heterocycles. The molecule has 0 aliphatic heterocycles. The molecule has 0 amide bonds. The third-order valence-electron chi connectivity index (χ3n) is 8.92. The zero-order valence-electron chi connectivity index (χ0n) is 26.5. The lowest BCUT2D eigenvalue weighted by Gasteiger charge is -2.11. The minimum atomic E-state index is 0.639. The van der Waals surface area contributed by atoms with E-state index in [0.29, 0.717) is 17.5 Å². The number of benzene rings is 7.